The Bertz CT molecular complexity index is 483. The lowest BCUT2D eigenvalue weighted by Gasteiger charge is -2.22. The molecule has 0 fully saturated rings. The van der Waals surface area contributed by atoms with E-state index in [9.17, 15) is 9.90 Å². The van der Waals surface area contributed by atoms with Gasteiger partial charge in [0.2, 0.25) is 0 Å². The van der Waals surface area contributed by atoms with Gasteiger partial charge in [-0.2, -0.15) is 0 Å². The number of aliphatic hydroxyl groups is 1. The van der Waals surface area contributed by atoms with Crippen molar-refractivity contribution in [1.82, 2.24) is 4.98 Å². The number of ether oxygens (including phenoxy) is 1. The summed E-state index contributed by atoms with van der Waals surface area (Å²) < 4.78 is 5.35. The summed E-state index contributed by atoms with van der Waals surface area (Å²) in [5, 5.41) is 21.7. The summed E-state index contributed by atoms with van der Waals surface area (Å²) >= 11 is 1.56. The van der Waals surface area contributed by atoms with E-state index in [1.165, 1.54) is 6.92 Å². The van der Waals surface area contributed by atoms with E-state index in [4.69, 9.17) is 9.84 Å². The van der Waals surface area contributed by atoms with E-state index in [2.05, 4.69) is 4.98 Å². The highest BCUT2D eigenvalue weighted by molar-refractivity contribution is 7.09. The zero-order chi connectivity index (χ0) is 15.3. The fraction of sp³-hybridized carbons (Fsp3) is 0.571. The van der Waals surface area contributed by atoms with Crippen molar-refractivity contribution in [2.75, 3.05) is 7.11 Å². The lowest BCUT2D eigenvalue weighted by Crippen LogP contribution is -2.30. The van der Waals surface area contributed by atoms with Gasteiger partial charge >= 0.3 is 5.97 Å². The molecule has 3 atom stereocenters. The number of carboxylic acids is 1. The normalized spacial score (nSPS) is 16.8. The van der Waals surface area contributed by atoms with Crippen molar-refractivity contribution < 1.29 is 19.7 Å². The molecule has 0 aliphatic carbocycles. The fourth-order valence-corrected chi connectivity index (χ4v) is 2.40. The van der Waals surface area contributed by atoms with Gasteiger partial charge in [0.05, 0.1) is 28.8 Å². The zero-order valence-electron chi connectivity index (χ0n) is 12.2. The van der Waals surface area contributed by atoms with Crippen LogP contribution in [0.3, 0.4) is 0 Å². The first-order chi connectivity index (χ1) is 9.35. The maximum atomic E-state index is 10.9. The molecule has 0 aliphatic rings. The first-order valence-corrected chi connectivity index (χ1v) is 7.27. The summed E-state index contributed by atoms with van der Waals surface area (Å²) in [5.74, 6) is -1.83. The van der Waals surface area contributed by atoms with Gasteiger partial charge in [-0.3, -0.25) is 4.79 Å². The predicted octanol–water partition coefficient (Wildman–Crippen LogP) is 2.34. The molecule has 0 aliphatic heterocycles. The molecule has 6 heteroatoms. The molecule has 0 spiro atoms. The minimum atomic E-state index is -1.01. The minimum absolute atomic E-state index is 0.245. The molecule has 1 heterocycles. The first-order valence-electron chi connectivity index (χ1n) is 6.39. The van der Waals surface area contributed by atoms with E-state index < -0.39 is 18.0 Å². The summed E-state index contributed by atoms with van der Waals surface area (Å²) in [5.41, 5.74) is 1.77. The number of aryl methyl sites for hydroxylation is 1. The fourth-order valence-electron chi connectivity index (χ4n) is 1.83. The lowest BCUT2D eigenvalue weighted by atomic mass is 9.96. The van der Waals surface area contributed by atoms with Crippen molar-refractivity contribution in [3.05, 3.63) is 21.7 Å². The number of methoxy groups -OCH3 is 1. The number of carbonyl (C=O) groups is 1. The summed E-state index contributed by atoms with van der Waals surface area (Å²) in [4.78, 5) is 15.2. The molecule has 2 N–H and O–H groups in total. The van der Waals surface area contributed by atoms with Crippen LogP contribution in [0.2, 0.25) is 0 Å². The van der Waals surface area contributed by atoms with Crippen LogP contribution < -0.4 is 0 Å². The Morgan fingerprint density at radius 2 is 2.25 bits per heavy atom. The lowest BCUT2D eigenvalue weighted by molar-refractivity contribution is -0.145. The first kappa shape index (κ1) is 16.8. The highest BCUT2D eigenvalue weighted by Gasteiger charge is 2.25. The molecular weight excluding hydrogens is 278 g/mol. The SMILES string of the molecule is COC(CC(O)C(C)C(=O)O)C(C)=Cc1csc(C)n1. The maximum Gasteiger partial charge on any atom is 0.308 e. The number of aliphatic hydroxyl groups excluding tert-OH is 1. The third kappa shape index (κ3) is 4.70. The number of aromatic nitrogens is 1. The summed E-state index contributed by atoms with van der Waals surface area (Å²) in [6.45, 7) is 5.31. The average molecular weight is 299 g/mol. The van der Waals surface area contributed by atoms with E-state index in [1.807, 2.05) is 25.3 Å². The molecule has 1 aromatic rings. The Hall–Kier alpha value is -1.24. The van der Waals surface area contributed by atoms with Crippen LogP contribution >= 0.6 is 11.3 Å². The number of hydrogen-bond acceptors (Lipinski definition) is 5. The van der Waals surface area contributed by atoms with Crippen LogP contribution in [0.1, 0.15) is 31.0 Å². The van der Waals surface area contributed by atoms with Gasteiger partial charge in [0.1, 0.15) is 0 Å². The molecule has 0 radical (unpaired) electrons. The molecule has 0 amide bonds. The molecule has 3 unspecified atom stereocenters. The molecule has 0 bridgehead atoms. The molecular formula is C14H21NO4S. The van der Waals surface area contributed by atoms with Crippen LogP contribution in [0.15, 0.2) is 11.0 Å². The Balaban J connectivity index is 2.75. The monoisotopic (exact) mass is 299 g/mol. The van der Waals surface area contributed by atoms with Gasteiger partial charge in [-0.05, 0) is 32.4 Å². The van der Waals surface area contributed by atoms with E-state index in [1.54, 1.807) is 18.4 Å². The molecule has 1 aromatic heterocycles. The van der Waals surface area contributed by atoms with Gasteiger partial charge in [-0.15, -0.1) is 11.3 Å². The van der Waals surface area contributed by atoms with Gasteiger partial charge in [0.15, 0.2) is 0 Å². The van der Waals surface area contributed by atoms with E-state index >= 15 is 0 Å². The highest BCUT2D eigenvalue weighted by Crippen LogP contribution is 2.20. The zero-order valence-corrected chi connectivity index (χ0v) is 13.0. The molecule has 0 saturated heterocycles. The second-order valence-corrected chi connectivity index (χ2v) is 5.90. The van der Waals surface area contributed by atoms with Crippen LogP contribution in [0.5, 0.6) is 0 Å². The van der Waals surface area contributed by atoms with Gasteiger partial charge in [-0.1, -0.05) is 0 Å². The van der Waals surface area contributed by atoms with Crippen LogP contribution in [-0.2, 0) is 9.53 Å². The van der Waals surface area contributed by atoms with Gasteiger partial charge < -0.3 is 14.9 Å². The van der Waals surface area contributed by atoms with E-state index in [0.29, 0.717) is 0 Å². The minimum Gasteiger partial charge on any atom is -0.481 e. The van der Waals surface area contributed by atoms with Crippen molar-refractivity contribution >= 4 is 23.4 Å². The second-order valence-electron chi connectivity index (χ2n) is 4.83. The molecule has 0 aromatic carbocycles. The topological polar surface area (TPSA) is 79.7 Å². The number of carboxylic acid groups (broad SMARTS) is 1. The third-order valence-electron chi connectivity index (χ3n) is 3.23. The Labute approximate surface area is 122 Å². The predicted molar refractivity (Wildman–Crippen MR) is 78.7 cm³/mol. The van der Waals surface area contributed by atoms with Gasteiger partial charge in [0.25, 0.3) is 0 Å². The number of aliphatic carboxylic acids is 1. The van der Waals surface area contributed by atoms with E-state index in [0.717, 1.165) is 16.3 Å². The highest BCUT2D eigenvalue weighted by atomic mass is 32.1. The van der Waals surface area contributed by atoms with Crippen molar-refractivity contribution in [2.24, 2.45) is 5.92 Å². The quantitative estimate of drug-likeness (QED) is 0.808. The van der Waals surface area contributed by atoms with E-state index in [-0.39, 0.29) is 12.5 Å². The molecule has 112 valence electrons. The number of hydrogen-bond donors (Lipinski definition) is 2. The molecule has 20 heavy (non-hydrogen) atoms. The molecule has 0 saturated carbocycles. The van der Waals surface area contributed by atoms with Crippen LogP contribution in [-0.4, -0.2) is 40.5 Å². The Kier molecular flexibility index (Phi) is 6.32. The van der Waals surface area contributed by atoms with Crippen molar-refractivity contribution in [2.45, 2.75) is 39.4 Å². The van der Waals surface area contributed by atoms with Crippen LogP contribution in [0.4, 0.5) is 0 Å². The summed E-state index contributed by atoms with van der Waals surface area (Å²) in [7, 11) is 1.55. The Morgan fingerprint density at radius 3 is 2.70 bits per heavy atom. The molecule has 5 nitrogen and oxygen atoms in total. The van der Waals surface area contributed by atoms with Gasteiger partial charge in [0, 0.05) is 18.9 Å². The third-order valence-corrected chi connectivity index (χ3v) is 4.02. The largest absolute Gasteiger partial charge is 0.481 e. The number of nitrogens with zero attached hydrogens (tertiary/aromatic N) is 1. The summed E-state index contributed by atoms with van der Waals surface area (Å²) in [6.07, 6.45) is 0.873. The van der Waals surface area contributed by atoms with Crippen molar-refractivity contribution in [3.8, 4) is 0 Å². The van der Waals surface area contributed by atoms with Crippen molar-refractivity contribution in [3.63, 3.8) is 0 Å². The van der Waals surface area contributed by atoms with Crippen molar-refractivity contribution in [1.29, 1.82) is 0 Å². The van der Waals surface area contributed by atoms with Crippen LogP contribution in [0.25, 0.3) is 6.08 Å². The average Bonchev–Trinajstić information content (AvgIpc) is 2.79. The smallest absolute Gasteiger partial charge is 0.308 e. The maximum absolute atomic E-state index is 10.9. The molecule has 1 rings (SSSR count). The van der Waals surface area contributed by atoms with Gasteiger partial charge in [-0.25, -0.2) is 4.98 Å². The number of rotatable bonds is 7. The Morgan fingerprint density at radius 1 is 1.60 bits per heavy atom. The van der Waals surface area contributed by atoms with Crippen LogP contribution in [0, 0.1) is 12.8 Å². The summed E-state index contributed by atoms with van der Waals surface area (Å²) in [6, 6.07) is 0. The number of thiazole rings is 1. The second kappa shape index (κ2) is 7.52. The standard InChI is InChI=1S/C14H21NO4S/c1-8(5-11-7-20-10(3)15-11)13(19-4)6-12(16)9(2)14(17)18/h5,7,9,12-13,16H,6H2,1-4H3,(H,17,18).